The highest BCUT2D eigenvalue weighted by atomic mass is 35.5. The van der Waals surface area contributed by atoms with Crippen molar-refractivity contribution in [1.29, 1.82) is 0 Å². The van der Waals surface area contributed by atoms with Gasteiger partial charge in [0.05, 0.1) is 0 Å². The van der Waals surface area contributed by atoms with Crippen LogP contribution in [0.15, 0.2) is 24.3 Å². The molecular weight excluding hydrogens is 321 g/mol. The molecule has 0 heterocycles. The average Bonchev–Trinajstić information content (AvgIpc) is 2.43. The van der Waals surface area contributed by atoms with Crippen LogP contribution in [0.25, 0.3) is 0 Å². The van der Waals surface area contributed by atoms with Crippen LogP contribution in [-0.4, -0.2) is 31.1 Å². The zero-order valence-corrected chi connectivity index (χ0v) is 12.4. The van der Waals surface area contributed by atoms with Gasteiger partial charge in [-0.15, -0.1) is 0 Å². The summed E-state index contributed by atoms with van der Waals surface area (Å²) in [6, 6.07) is 7.15. The van der Waals surface area contributed by atoms with Crippen molar-refractivity contribution < 1.29 is 22.8 Å². The first kappa shape index (κ1) is 18.3. The number of alkyl halides is 3. The molecule has 0 radical (unpaired) electrons. The fourth-order valence-electron chi connectivity index (χ4n) is 1.66. The molecule has 1 aromatic rings. The van der Waals surface area contributed by atoms with E-state index in [-0.39, 0.29) is 31.8 Å². The summed E-state index contributed by atoms with van der Waals surface area (Å²) in [6.07, 6.45) is -3.86. The molecule has 0 saturated heterocycles. The van der Waals surface area contributed by atoms with E-state index in [1.807, 2.05) is 6.07 Å². The minimum Gasteiger partial charge on any atom is -0.356 e. The normalized spacial score (nSPS) is 11.1. The highest BCUT2D eigenvalue weighted by Gasteiger charge is 2.38. The molecule has 22 heavy (non-hydrogen) atoms. The maximum atomic E-state index is 11.9. The fourth-order valence-corrected chi connectivity index (χ4v) is 1.87. The molecule has 0 spiro atoms. The van der Waals surface area contributed by atoms with Gasteiger partial charge in [0, 0.05) is 24.5 Å². The van der Waals surface area contributed by atoms with Crippen molar-refractivity contribution in [1.82, 2.24) is 10.6 Å². The molecule has 4 nitrogen and oxygen atoms in total. The van der Waals surface area contributed by atoms with Gasteiger partial charge in [0.1, 0.15) is 0 Å². The Morgan fingerprint density at radius 1 is 1.14 bits per heavy atom. The van der Waals surface area contributed by atoms with Crippen LogP contribution in [0.5, 0.6) is 0 Å². The Hall–Kier alpha value is -1.76. The summed E-state index contributed by atoms with van der Waals surface area (Å²) in [5.74, 6) is -2.18. The zero-order valence-electron chi connectivity index (χ0n) is 11.7. The molecule has 2 amide bonds. The van der Waals surface area contributed by atoms with E-state index in [9.17, 15) is 22.8 Å². The monoisotopic (exact) mass is 336 g/mol. The van der Waals surface area contributed by atoms with Gasteiger partial charge < -0.3 is 10.6 Å². The van der Waals surface area contributed by atoms with E-state index >= 15 is 0 Å². The van der Waals surface area contributed by atoms with E-state index in [0.717, 1.165) is 5.56 Å². The summed E-state index contributed by atoms with van der Waals surface area (Å²) in [4.78, 5) is 22.1. The third kappa shape index (κ3) is 7.31. The molecule has 0 aliphatic rings. The van der Waals surface area contributed by atoms with Crippen molar-refractivity contribution in [2.24, 2.45) is 0 Å². The Bertz CT molecular complexity index is 521. The van der Waals surface area contributed by atoms with Gasteiger partial charge in [-0.25, -0.2) is 0 Å². The Morgan fingerprint density at radius 2 is 1.82 bits per heavy atom. The van der Waals surface area contributed by atoms with Crippen LogP contribution in [0.1, 0.15) is 18.4 Å². The van der Waals surface area contributed by atoms with E-state index in [2.05, 4.69) is 5.32 Å². The number of aryl methyl sites for hydroxylation is 1. The number of halogens is 4. The second-order valence-electron chi connectivity index (χ2n) is 4.59. The summed E-state index contributed by atoms with van der Waals surface area (Å²) < 4.78 is 35.7. The largest absolute Gasteiger partial charge is 0.471 e. The lowest BCUT2D eigenvalue weighted by Gasteiger charge is -2.08. The molecule has 0 atom stereocenters. The van der Waals surface area contributed by atoms with Gasteiger partial charge in [-0.05, 0) is 30.5 Å². The number of benzene rings is 1. The van der Waals surface area contributed by atoms with E-state index in [0.29, 0.717) is 11.4 Å². The molecule has 0 aromatic heterocycles. The standard InChI is InChI=1S/C14H16ClF3N2O2/c15-11-4-1-3-10(9-11)5-6-12(21)19-7-2-8-20-13(22)14(16,17)18/h1,3-4,9H,2,5-8H2,(H,19,21)(H,20,22). The van der Waals surface area contributed by atoms with E-state index in [1.54, 1.807) is 23.5 Å². The average molecular weight is 337 g/mol. The molecule has 0 unspecified atom stereocenters. The SMILES string of the molecule is O=C(CCc1cccc(Cl)c1)NCCCNC(=O)C(F)(F)F. The number of carbonyl (C=O) groups excluding carboxylic acids is 2. The van der Waals surface area contributed by atoms with E-state index < -0.39 is 12.1 Å². The number of hydrogen-bond acceptors (Lipinski definition) is 2. The molecule has 0 aliphatic heterocycles. The van der Waals surface area contributed by atoms with Crippen LogP contribution in [0.3, 0.4) is 0 Å². The molecule has 0 fully saturated rings. The van der Waals surface area contributed by atoms with Crippen molar-refractivity contribution in [2.75, 3.05) is 13.1 Å². The topological polar surface area (TPSA) is 58.2 Å². The molecule has 2 N–H and O–H groups in total. The summed E-state index contributed by atoms with van der Waals surface area (Å²) in [6.45, 7) is 0.0550. The zero-order chi connectivity index (χ0) is 16.6. The van der Waals surface area contributed by atoms with Crippen molar-refractivity contribution in [2.45, 2.75) is 25.4 Å². The molecular formula is C14H16ClF3N2O2. The van der Waals surface area contributed by atoms with E-state index in [1.165, 1.54) is 0 Å². The highest BCUT2D eigenvalue weighted by Crippen LogP contribution is 2.14. The molecule has 0 saturated carbocycles. The first-order chi connectivity index (χ1) is 10.3. The quantitative estimate of drug-likeness (QED) is 0.751. The Labute approximate surface area is 131 Å². The summed E-state index contributed by atoms with van der Waals surface area (Å²) >= 11 is 5.82. The predicted octanol–water partition coefficient (Wildman–Crippen LogP) is 2.46. The maximum Gasteiger partial charge on any atom is 0.471 e. The lowest BCUT2D eigenvalue weighted by molar-refractivity contribution is -0.173. The number of carbonyl (C=O) groups is 2. The van der Waals surface area contributed by atoms with Crippen molar-refractivity contribution in [3.05, 3.63) is 34.9 Å². The lowest BCUT2D eigenvalue weighted by Crippen LogP contribution is -2.38. The second-order valence-corrected chi connectivity index (χ2v) is 5.02. The highest BCUT2D eigenvalue weighted by molar-refractivity contribution is 6.30. The summed E-state index contributed by atoms with van der Waals surface area (Å²) in [5.41, 5.74) is 0.931. The van der Waals surface area contributed by atoms with Crippen molar-refractivity contribution in [3.8, 4) is 0 Å². The van der Waals surface area contributed by atoms with Gasteiger partial charge in [-0.2, -0.15) is 13.2 Å². The Kier molecular flexibility index (Phi) is 7.17. The maximum absolute atomic E-state index is 11.9. The molecule has 122 valence electrons. The summed E-state index contributed by atoms with van der Waals surface area (Å²) in [5, 5.41) is 4.90. The first-order valence-corrected chi connectivity index (χ1v) is 7.03. The van der Waals surface area contributed by atoms with Crippen LogP contribution >= 0.6 is 11.6 Å². The molecule has 1 aromatic carbocycles. The number of nitrogens with one attached hydrogen (secondary N) is 2. The fraction of sp³-hybridized carbons (Fsp3) is 0.429. The Morgan fingerprint density at radius 3 is 2.45 bits per heavy atom. The molecule has 0 aliphatic carbocycles. The van der Waals surface area contributed by atoms with Gasteiger partial charge in [0.2, 0.25) is 5.91 Å². The smallest absolute Gasteiger partial charge is 0.356 e. The van der Waals surface area contributed by atoms with Crippen molar-refractivity contribution in [3.63, 3.8) is 0 Å². The number of hydrogen-bond donors (Lipinski definition) is 2. The number of rotatable bonds is 7. The molecule has 0 bridgehead atoms. The van der Waals surface area contributed by atoms with Crippen LogP contribution in [-0.2, 0) is 16.0 Å². The first-order valence-electron chi connectivity index (χ1n) is 6.65. The van der Waals surface area contributed by atoms with Crippen LogP contribution < -0.4 is 10.6 Å². The summed E-state index contributed by atoms with van der Waals surface area (Å²) in [7, 11) is 0. The van der Waals surface area contributed by atoms with Gasteiger partial charge >= 0.3 is 12.1 Å². The lowest BCUT2D eigenvalue weighted by atomic mass is 10.1. The molecule has 1 rings (SSSR count). The van der Waals surface area contributed by atoms with Crippen LogP contribution in [0.2, 0.25) is 5.02 Å². The number of amides is 2. The third-order valence-electron chi connectivity index (χ3n) is 2.75. The Balaban J connectivity index is 2.13. The minimum absolute atomic E-state index is 0.146. The molecule has 8 heteroatoms. The van der Waals surface area contributed by atoms with E-state index in [4.69, 9.17) is 11.6 Å². The van der Waals surface area contributed by atoms with Gasteiger partial charge in [-0.1, -0.05) is 23.7 Å². The van der Waals surface area contributed by atoms with Crippen LogP contribution in [0.4, 0.5) is 13.2 Å². The second kappa shape index (κ2) is 8.63. The van der Waals surface area contributed by atoms with Gasteiger partial charge in [-0.3, -0.25) is 9.59 Å². The minimum atomic E-state index is -4.87. The predicted molar refractivity (Wildman–Crippen MR) is 76.5 cm³/mol. The van der Waals surface area contributed by atoms with Gasteiger partial charge in [0.25, 0.3) is 0 Å². The third-order valence-corrected chi connectivity index (χ3v) is 2.98. The van der Waals surface area contributed by atoms with Gasteiger partial charge in [0.15, 0.2) is 0 Å². The van der Waals surface area contributed by atoms with Crippen molar-refractivity contribution >= 4 is 23.4 Å². The van der Waals surface area contributed by atoms with Crippen LogP contribution in [0, 0.1) is 0 Å².